The summed E-state index contributed by atoms with van der Waals surface area (Å²) in [6, 6.07) is -2.25. The van der Waals surface area contributed by atoms with Crippen molar-refractivity contribution < 1.29 is 24.5 Å². The molecule has 1 aromatic rings. The van der Waals surface area contributed by atoms with E-state index in [1.807, 2.05) is 0 Å². The van der Waals surface area contributed by atoms with E-state index in [0.717, 1.165) is 25.7 Å². The smallest absolute Gasteiger partial charge is 0.339 e. The van der Waals surface area contributed by atoms with Crippen molar-refractivity contribution in [3.05, 3.63) is 35.3 Å². The third-order valence-electron chi connectivity index (χ3n) is 5.57. The molecule has 0 aromatic heterocycles. The number of hydrogen-bond donors (Lipinski definition) is 0. The Labute approximate surface area is 161 Å². The predicted molar refractivity (Wildman–Crippen MR) is 100 cm³/mol. The molecule has 142 valence electrons. The zero-order valence-corrected chi connectivity index (χ0v) is 15.6. The van der Waals surface area contributed by atoms with Gasteiger partial charge in [-0.2, -0.15) is 0 Å². The molecule has 2 aliphatic carbocycles. The molecule has 0 unspecified atom stereocenters. The van der Waals surface area contributed by atoms with E-state index in [0.29, 0.717) is 37.5 Å². The van der Waals surface area contributed by atoms with Gasteiger partial charge in [0.2, 0.25) is 0 Å². The maximum Gasteiger partial charge on any atom is 0.339 e. The minimum Gasteiger partial charge on any atom is -0.459 e. The van der Waals surface area contributed by atoms with Gasteiger partial charge in [0.25, 0.3) is 0 Å². The molecule has 2 saturated carbocycles. The van der Waals surface area contributed by atoms with Crippen molar-refractivity contribution >= 4 is 11.9 Å². The first kappa shape index (κ1) is 14.2. The lowest BCUT2D eigenvalue weighted by molar-refractivity contribution is 0.0128. The van der Waals surface area contributed by atoms with Crippen molar-refractivity contribution in [2.75, 3.05) is 0 Å². The first-order valence-corrected chi connectivity index (χ1v) is 9.71. The molecular weight excluding hydrogens is 328 g/mol. The maximum absolute atomic E-state index is 12.9. The fraction of sp³-hybridized carbons (Fsp3) is 0.636. The summed E-state index contributed by atoms with van der Waals surface area (Å²) >= 11 is 0. The third-order valence-corrected chi connectivity index (χ3v) is 5.57. The van der Waals surface area contributed by atoms with Crippen molar-refractivity contribution in [2.24, 2.45) is 11.8 Å². The van der Waals surface area contributed by atoms with Gasteiger partial charge in [0.1, 0.15) is 12.2 Å². The van der Waals surface area contributed by atoms with Gasteiger partial charge in [-0.25, -0.2) is 9.59 Å². The molecule has 2 aliphatic rings. The van der Waals surface area contributed by atoms with Crippen molar-refractivity contribution in [1.82, 2.24) is 0 Å². The fourth-order valence-corrected chi connectivity index (χ4v) is 3.73. The van der Waals surface area contributed by atoms with E-state index in [1.165, 1.54) is 0 Å². The van der Waals surface area contributed by atoms with Crippen LogP contribution in [0.15, 0.2) is 24.2 Å². The zero-order valence-electron chi connectivity index (χ0n) is 19.6. The molecule has 26 heavy (non-hydrogen) atoms. The Balaban J connectivity index is 1.87. The molecule has 0 bridgehead atoms. The van der Waals surface area contributed by atoms with Crippen LogP contribution < -0.4 is 0 Å². The SMILES string of the molecule is [2H]c1c([2H])c([2H])c(C(=O)OC2CCC(C)CC2)c(C(=O)OC2CCC(C)CC2)c1[2H]. The highest BCUT2D eigenvalue weighted by Gasteiger charge is 2.27. The molecule has 1 aromatic carbocycles. The van der Waals surface area contributed by atoms with Gasteiger partial charge in [0.05, 0.1) is 16.6 Å². The quantitative estimate of drug-likeness (QED) is 0.694. The van der Waals surface area contributed by atoms with Gasteiger partial charge in [0.15, 0.2) is 0 Å². The van der Waals surface area contributed by atoms with E-state index in [1.54, 1.807) is 0 Å². The Bertz CT molecular complexity index is 743. The van der Waals surface area contributed by atoms with E-state index in [9.17, 15) is 9.59 Å². The van der Waals surface area contributed by atoms with E-state index in [2.05, 4.69) is 13.8 Å². The summed E-state index contributed by atoms with van der Waals surface area (Å²) in [5, 5.41) is 0. The average Bonchev–Trinajstić information content (AvgIpc) is 2.72. The molecule has 2 fully saturated rings. The van der Waals surface area contributed by atoms with Crippen molar-refractivity contribution in [2.45, 2.75) is 77.4 Å². The van der Waals surface area contributed by atoms with Gasteiger partial charge in [-0.3, -0.25) is 0 Å². The second kappa shape index (κ2) is 8.70. The molecular formula is C22H30O4. The second-order valence-electron chi connectivity index (χ2n) is 7.82. The molecule has 0 saturated heterocycles. The summed E-state index contributed by atoms with van der Waals surface area (Å²) < 4.78 is 43.3. The van der Waals surface area contributed by atoms with E-state index >= 15 is 0 Å². The minimum absolute atomic E-state index is 0.309. The van der Waals surface area contributed by atoms with Crippen molar-refractivity contribution in [3.8, 4) is 0 Å². The lowest BCUT2D eigenvalue weighted by Gasteiger charge is -2.27. The van der Waals surface area contributed by atoms with Gasteiger partial charge in [-0.1, -0.05) is 25.9 Å². The first-order valence-electron chi connectivity index (χ1n) is 11.7. The Morgan fingerprint density at radius 2 is 1.12 bits per heavy atom. The summed E-state index contributed by atoms with van der Waals surface area (Å²) in [6.07, 6.45) is 5.93. The largest absolute Gasteiger partial charge is 0.459 e. The van der Waals surface area contributed by atoms with Crippen LogP contribution in [0.4, 0.5) is 0 Å². The topological polar surface area (TPSA) is 52.6 Å². The Hall–Kier alpha value is -1.84. The molecule has 0 radical (unpaired) electrons. The number of ether oxygens (including phenoxy) is 2. The van der Waals surface area contributed by atoms with Crippen LogP contribution in [0, 0.1) is 11.8 Å². The second-order valence-corrected chi connectivity index (χ2v) is 7.82. The maximum atomic E-state index is 12.9. The summed E-state index contributed by atoms with van der Waals surface area (Å²) in [5.41, 5.74) is -0.845. The van der Waals surface area contributed by atoms with Gasteiger partial charge in [-0.05, 0) is 75.3 Å². The third kappa shape index (κ3) is 4.87. The number of rotatable bonds is 4. The highest BCUT2D eigenvalue weighted by atomic mass is 16.5. The van der Waals surface area contributed by atoms with E-state index < -0.39 is 47.2 Å². The van der Waals surface area contributed by atoms with Crippen LogP contribution in [0.25, 0.3) is 0 Å². The lowest BCUT2D eigenvalue weighted by Crippen LogP contribution is -2.26. The zero-order chi connectivity index (χ0) is 22.0. The van der Waals surface area contributed by atoms with Crippen LogP contribution >= 0.6 is 0 Å². The summed E-state index contributed by atoms with van der Waals surface area (Å²) in [5.74, 6) is -0.632. The Morgan fingerprint density at radius 1 is 0.769 bits per heavy atom. The molecule has 4 heteroatoms. The molecule has 0 heterocycles. The average molecular weight is 363 g/mol. The minimum atomic E-state index is -0.884. The molecule has 0 aliphatic heterocycles. The van der Waals surface area contributed by atoms with Crippen LogP contribution in [0.3, 0.4) is 0 Å². The first-order chi connectivity index (χ1) is 14.2. The van der Waals surface area contributed by atoms with Crippen LogP contribution in [-0.4, -0.2) is 24.1 Å². The normalized spacial score (nSPS) is 31.2. The summed E-state index contributed by atoms with van der Waals surface area (Å²) in [4.78, 5) is 25.8. The Morgan fingerprint density at radius 3 is 1.46 bits per heavy atom. The molecule has 0 amide bonds. The summed E-state index contributed by atoms with van der Waals surface area (Å²) in [7, 11) is 0. The Kier molecular flexibility index (Phi) is 4.77. The van der Waals surface area contributed by atoms with Crippen LogP contribution in [0.5, 0.6) is 0 Å². The monoisotopic (exact) mass is 362 g/mol. The summed E-state index contributed by atoms with van der Waals surface area (Å²) in [6.45, 7) is 4.29. The van der Waals surface area contributed by atoms with Gasteiger partial charge in [-0.15, -0.1) is 0 Å². The standard InChI is InChI=1S/C22H30O4/c1-15-7-11-17(12-8-15)25-21(23)19-5-3-4-6-20(19)22(24)26-18-13-9-16(2)10-14-18/h3-6,15-18H,7-14H2,1-2H3/i3D,4D,5D,6D. The van der Waals surface area contributed by atoms with Gasteiger partial charge < -0.3 is 9.47 Å². The van der Waals surface area contributed by atoms with Gasteiger partial charge in [0, 0.05) is 0 Å². The molecule has 3 rings (SSSR count). The number of benzene rings is 1. The van der Waals surface area contributed by atoms with Crippen LogP contribution in [0.2, 0.25) is 0 Å². The molecule has 4 nitrogen and oxygen atoms in total. The van der Waals surface area contributed by atoms with E-state index in [4.69, 9.17) is 15.0 Å². The molecule has 0 N–H and O–H groups in total. The highest BCUT2D eigenvalue weighted by molar-refractivity contribution is 6.03. The van der Waals surface area contributed by atoms with Crippen LogP contribution in [0.1, 0.15) is 91.4 Å². The van der Waals surface area contributed by atoms with Crippen molar-refractivity contribution in [1.29, 1.82) is 0 Å². The number of hydrogen-bond acceptors (Lipinski definition) is 4. The molecule has 0 spiro atoms. The highest BCUT2D eigenvalue weighted by Crippen LogP contribution is 2.28. The number of esters is 2. The van der Waals surface area contributed by atoms with Crippen LogP contribution in [-0.2, 0) is 9.47 Å². The molecule has 0 atom stereocenters. The number of carbonyl (C=O) groups excluding carboxylic acids is 2. The number of carbonyl (C=O) groups is 2. The van der Waals surface area contributed by atoms with Crippen molar-refractivity contribution in [3.63, 3.8) is 0 Å². The fourth-order valence-electron chi connectivity index (χ4n) is 3.73. The van der Waals surface area contributed by atoms with Gasteiger partial charge >= 0.3 is 11.9 Å². The van der Waals surface area contributed by atoms with E-state index in [-0.39, 0.29) is 12.2 Å². The predicted octanol–water partition coefficient (Wildman–Crippen LogP) is 5.16. The lowest BCUT2D eigenvalue weighted by atomic mass is 9.89.